The molecule has 0 saturated carbocycles. The molecule has 23 heavy (non-hydrogen) atoms. The first-order valence-electron chi connectivity index (χ1n) is 8.54. The van der Waals surface area contributed by atoms with Gasteiger partial charge < -0.3 is 4.98 Å². The zero-order valence-corrected chi connectivity index (χ0v) is 14.6. The van der Waals surface area contributed by atoms with Crippen LogP contribution in [0, 0.1) is 13.8 Å². The number of nitrogens with one attached hydrogen (secondary N) is 1. The summed E-state index contributed by atoms with van der Waals surface area (Å²) in [4.78, 5) is 6.11. The minimum Gasteiger partial charge on any atom is -0.354 e. The number of H-pyrrole nitrogens is 1. The molecule has 0 radical (unpaired) electrons. The van der Waals surface area contributed by atoms with Crippen molar-refractivity contribution in [2.45, 2.75) is 34.2 Å². The molecule has 0 aliphatic carbocycles. The fourth-order valence-electron chi connectivity index (χ4n) is 3.48. The van der Waals surface area contributed by atoms with Crippen molar-refractivity contribution in [1.29, 1.82) is 0 Å². The Kier molecular flexibility index (Phi) is 4.53. The highest BCUT2D eigenvalue weighted by Gasteiger charge is 2.14. The Bertz CT molecular complexity index is 810. The lowest BCUT2D eigenvalue weighted by molar-refractivity contribution is 0.296. The molecule has 2 heteroatoms. The van der Waals surface area contributed by atoms with Gasteiger partial charge in [0.1, 0.15) is 0 Å². The molecule has 120 valence electrons. The highest BCUT2D eigenvalue weighted by Crippen LogP contribution is 2.33. The monoisotopic (exact) mass is 306 g/mol. The third-order valence-corrected chi connectivity index (χ3v) is 4.86. The summed E-state index contributed by atoms with van der Waals surface area (Å²) in [5.41, 5.74) is 7.90. The van der Waals surface area contributed by atoms with E-state index in [1.807, 2.05) is 0 Å². The molecule has 0 spiro atoms. The normalized spacial score (nSPS) is 11.5. The van der Waals surface area contributed by atoms with E-state index < -0.39 is 0 Å². The van der Waals surface area contributed by atoms with Crippen molar-refractivity contribution in [2.24, 2.45) is 0 Å². The van der Waals surface area contributed by atoms with E-state index in [-0.39, 0.29) is 0 Å². The number of hydrogen-bond acceptors (Lipinski definition) is 1. The summed E-state index contributed by atoms with van der Waals surface area (Å²) in [5.74, 6) is 0. The summed E-state index contributed by atoms with van der Waals surface area (Å²) in [6.45, 7) is 12.0. The van der Waals surface area contributed by atoms with Gasteiger partial charge in [-0.25, -0.2) is 0 Å². The van der Waals surface area contributed by atoms with Gasteiger partial charge in [-0.3, -0.25) is 4.90 Å². The van der Waals surface area contributed by atoms with Crippen LogP contribution in [0.25, 0.3) is 22.2 Å². The average Bonchev–Trinajstić information content (AvgIpc) is 2.91. The lowest BCUT2D eigenvalue weighted by Gasteiger charge is -2.20. The first-order chi connectivity index (χ1) is 11.2. The second-order valence-electron chi connectivity index (χ2n) is 6.24. The fourth-order valence-corrected chi connectivity index (χ4v) is 3.48. The summed E-state index contributed by atoms with van der Waals surface area (Å²) in [5, 5.41) is 1.36. The van der Waals surface area contributed by atoms with Crippen molar-refractivity contribution >= 4 is 10.9 Å². The van der Waals surface area contributed by atoms with E-state index in [4.69, 9.17) is 0 Å². The van der Waals surface area contributed by atoms with Gasteiger partial charge in [0.25, 0.3) is 0 Å². The first-order valence-corrected chi connectivity index (χ1v) is 8.54. The van der Waals surface area contributed by atoms with E-state index in [9.17, 15) is 0 Å². The van der Waals surface area contributed by atoms with Crippen molar-refractivity contribution in [1.82, 2.24) is 9.88 Å². The Hall–Kier alpha value is -2.06. The molecule has 1 aromatic heterocycles. The molecule has 0 bridgehead atoms. The van der Waals surface area contributed by atoms with Gasteiger partial charge in [-0.2, -0.15) is 0 Å². The zero-order valence-electron chi connectivity index (χ0n) is 14.6. The molecular weight excluding hydrogens is 280 g/mol. The number of fused-ring (bicyclic) bond motifs is 1. The van der Waals surface area contributed by atoms with Crippen molar-refractivity contribution < 1.29 is 0 Å². The molecule has 0 unspecified atom stereocenters. The van der Waals surface area contributed by atoms with Crippen LogP contribution >= 0.6 is 0 Å². The Labute approximate surface area is 139 Å². The highest BCUT2D eigenvalue weighted by molar-refractivity contribution is 5.93. The number of benzene rings is 2. The molecule has 0 aliphatic rings. The molecule has 2 nitrogen and oxygen atoms in total. The Balaban J connectivity index is 2.12. The van der Waals surface area contributed by atoms with Crippen molar-refractivity contribution in [2.75, 3.05) is 13.1 Å². The number of hydrogen-bond donors (Lipinski definition) is 1. The van der Waals surface area contributed by atoms with Gasteiger partial charge in [0.2, 0.25) is 0 Å². The van der Waals surface area contributed by atoms with Gasteiger partial charge >= 0.3 is 0 Å². The minimum atomic E-state index is 0.997. The van der Waals surface area contributed by atoms with Crippen LogP contribution in [0.15, 0.2) is 42.5 Å². The Morgan fingerprint density at radius 2 is 1.65 bits per heavy atom. The third-order valence-electron chi connectivity index (χ3n) is 4.86. The van der Waals surface area contributed by atoms with Crippen LogP contribution < -0.4 is 0 Å². The molecule has 1 heterocycles. The molecule has 0 saturated heterocycles. The molecule has 0 amide bonds. The maximum Gasteiger partial charge on any atom is 0.0497 e. The molecule has 0 aliphatic heterocycles. The highest BCUT2D eigenvalue weighted by atomic mass is 15.1. The van der Waals surface area contributed by atoms with Crippen LogP contribution in [0.2, 0.25) is 0 Å². The van der Waals surface area contributed by atoms with Crippen molar-refractivity contribution in [3.63, 3.8) is 0 Å². The second-order valence-corrected chi connectivity index (χ2v) is 6.24. The Morgan fingerprint density at radius 3 is 2.35 bits per heavy atom. The van der Waals surface area contributed by atoms with E-state index in [2.05, 4.69) is 80.0 Å². The molecular formula is C21H26N2. The molecule has 0 atom stereocenters. The van der Waals surface area contributed by atoms with Crippen LogP contribution in [-0.4, -0.2) is 23.0 Å². The second kappa shape index (κ2) is 6.59. The smallest absolute Gasteiger partial charge is 0.0497 e. The predicted octanol–water partition coefficient (Wildman–Crippen LogP) is 5.29. The minimum absolute atomic E-state index is 0.997. The molecule has 3 rings (SSSR count). The number of rotatable bonds is 5. The first kappa shape index (κ1) is 15.8. The summed E-state index contributed by atoms with van der Waals surface area (Å²) in [7, 11) is 0. The van der Waals surface area contributed by atoms with Crippen LogP contribution in [0.3, 0.4) is 0 Å². The lowest BCUT2D eigenvalue weighted by atomic mass is 9.99. The Morgan fingerprint density at radius 1 is 0.913 bits per heavy atom. The van der Waals surface area contributed by atoms with Gasteiger partial charge in [0.05, 0.1) is 0 Å². The SMILES string of the molecule is CCN(CC)Cc1ccccc1-c1[nH]c2cccc(C)c2c1C. The summed E-state index contributed by atoms with van der Waals surface area (Å²) >= 11 is 0. The predicted molar refractivity (Wildman–Crippen MR) is 99.8 cm³/mol. The standard InChI is InChI=1S/C21H26N2/c1-5-23(6-2)14-17-11-7-8-12-18(17)21-16(4)20-15(3)10-9-13-19(20)22-21/h7-13,22H,5-6,14H2,1-4H3. The summed E-state index contributed by atoms with van der Waals surface area (Å²) in [6.07, 6.45) is 0. The van der Waals surface area contributed by atoms with Crippen molar-refractivity contribution in [3.8, 4) is 11.3 Å². The van der Waals surface area contributed by atoms with Crippen LogP contribution in [-0.2, 0) is 6.54 Å². The van der Waals surface area contributed by atoms with Crippen LogP contribution in [0.5, 0.6) is 0 Å². The fraction of sp³-hybridized carbons (Fsp3) is 0.333. The molecule has 2 aromatic carbocycles. The summed E-state index contributed by atoms with van der Waals surface area (Å²) in [6, 6.07) is 15.3. The van der Waals surface area contributed by atoms with Gasteiger partial charge in [-0.15, -0.1) is 0 Å². The van der Waals surface area contributed by atoms with Gasteiger partial charge in [-0.1, -0.05) is 50.2 Å². The van der Waals surface area contributed by atoms with E-state index in [0.717, 1.165) is 19.6 Å². The maximum atomic E-state index is 3.65. The largest absolute Gasteiger partial charge is 0.354 e. The number of nitrogens with zero attached hydrogens (tertiary/aromatic N) is 1. The van der Waals surface area contributed by atoms with Gasteiger partial charge in [0, 0.05) is 28.7 Å². The third kappa shape index (κ3) is 2.91. The molecule has 1 N–H and O–H groups in total. The lowest BCUT2D eigenvalue weighted by Crippen LogP contribution is -2.22. The van der Waals surface area contributed by atoms with Gasteiger partial charge in [-0.05, 0) is 49.7 Å². The topological polar surface area (TPSA) is 19.0 Å². The van der Waals surface area contributed by atoms with Crippen LogP contribution in [0.1, 0.15) is 30.5 Å². The quantitative estimate of drug-likeness (QED) is 0.678. The summed E-state index contributed by atoms with van der Waals surface area (Å²) < 4.78 is 0. The number of aryl methyl sites for hydroxylation is 2. The van der Waals surface area contributed by atoms with E-state index >= 15 is 0 Å². The van der Waals surface area contributed by atoms with E-state index in [0.29, 0.717) is 0 Å². The van der Waals surface area contributed by atoms with Gasteiger partial charge in [0.15, 0.2) is 0 Å². The maximum absolute atomic E-state index is 3.65. The zero-order chi connectivity index (χ0) is 16.4. The van der Waals surface area contributed by atoms with E-state index in [1.165, 1.54) is 38.9 Å². The number of aromatic amines is 1. The van der Waals surface area contributed by atoms with Crippen molar-refractivity contribution in [3.05, 3.63) is 59.2 Å². The average molecular weight is 306 g/mol. The molecule has 3 aromatic rings. The number of aromatic nitrogens is 1. The van der Waals surface area contributed by atoms with Crippen LogP contribution in [0.4, 0.5) is 0 Å². The molecule has 0 fully saturated rings. The van der Waals surface area contributed by atoms with E-state index in [1.54, 1.807) is 0 Å².